The lowest BCUT2D eigenvalue weighted by Gasteiger charge is -2.06. The molecule has 23 heavy (non-hydrogen) atoms. The van der Waals surface area contributed by atoms with Crippen LogP contribution in [-0.2, 0) is 11.3 Å². The second-order valence-corrected chi connectivity index (χ2v) is 4.92. The van der Waals surface area contributed by atoms with E-state index in [-0.39, 0.29) is 12.3 Å². The van der Waals surface area contributed by atoms with Crippen molar-refractivity contribution >= 4 is 17.9 Å². The van der Waals surface area contributed by atoms with Gasteiger partial charge in [-0.1, -0.05) is 54.6 Å². The summed E-state index contributed by atoms with van der Waals surface area (Å²) < 4.78 is 18.3. The Morgan fingerprint density at radius 1 is 1.17 bits per heavy atom. The van der Waals surface area contributed by atoms with E-state index in [0.717, 1.165) is 5.56 Å². The molecule has 0 unspecified atom stereocenters. The molecule has 2 aromatic rings. The van der Waals surface area contributed by atoms with Crippen molar-refractivity contribution in [3.05, 3.63) is 71.6 Å². The Labute approximate surface area is 134 Å². The summed E-state index contributed by atoms with van der Waals surface area (Å²) in [5.41, 5.74) is 7.30. The molecule has 4 nitrogen and oxygen atoms in total. The fraction of sp³-hybridized carbons (Fsp3) is 0.167. The summed E-state index contributed by atoms with van der Waals surface area (Å²) in [5.74, 6) is -0.435. The lowest BCUT2D eigenvalue weighted by Crippen LogP contribution is -2.24. The minimum atomic E-state index is -0.465. The van der Waals surface area contributed by atoms with E-state index >= 15 is 0 Å². The Morgan fingerprint density at radius 2 is 1.96 bits per heavy atom. The number of para-hydroxylation sites is 1. The van der Waals surface area contributed by atoms with Crippen LogP contribution in [0.4, 0.5) is 14.9 Å². The van der Waals surface area contributed by atoms with Crippen LogP contribution in [0.5, 0.6) is 0 Å². The lowest BCUT2D eigenvalue weighted by molar-refractivity contribution is 0.140. The summed E-state index contributed by atoms with van der Waals surface area (Å²) >= 11 is 0. The van der Waals surface area contributed by atoms with Gasteiger partial charge >= 0.3 is 6.09 Å². The monoisotopic (exact) mass is 314 g/mol. The van der Waals surface area contributed by atoms with Gasteiger partial charge in [-0.25, -0.2) is 9.18 Å². The molecular formula is C18H19FN2O2. The zero-order valence-corrected chi connectivity index (χ0v) is 12.7. The molecule has 0 aliphatic carbocycles. The van der Waals surface area contributed by atoms with Crippen LogP contribution in [0.1, 0.15) is 17.5 Å². The van der Waals surface area contributed by atoms with Gasteiger partial charge in [0.1, 0.15) is 12.4 Å². The van der Waals surface area contributed by atoms with Crippen LogP contribution in [0, 0.1) is 5.82 Å². The summed E-state index contributed by atoms with van der Waals surface area (Å²) in [6, 6.07) is 14.1. The Bertz CT molecular complexity index is 672. The fourth-order valence-electron chi connectivity index (χ4n) is 1.94. The number of nitrogens with two attached hydrogens (primary N) is 1. The van der Waals surface area contributed by atoms with E-state index in [0.29, 0.717) is 18.5 Å². The third-order valence-electron chi connectivity index (χ3n) is 3.18. The maximum atomic E-state index is 13.3. The van der Waals surface area contributed by atoms with Gasteiger partial charge in [0.15, 0.2) is 0 Å². The summed E-state index contributed by atoms with van der Waals surface area (Å²) in [4.78, 5) is 11.5. The zero-order chi connectivity index (χ0) is 16.5. The molecule has 0 fully saturated rings. The fourth-order valence-corrected chi connectivity index (χ4v) is 1.94. The van der Waals surface area contributed by atoms with E-state index in [1.807, 2.05) is 36.4 Å². The minimum Gasteiger partial charge on any atom is -0.445 e. The number of alkyl carbamates (subject to hydrolysis) is 1. The van der Waals surface area contributed by atoms with Crippen molar-refractivity contribution in [2.75, 3.05) is 12.3 Å². The number of benzene rings is 2. The molecule has 120 valence electrons. The van der Waals surface area contributed by atoms with E-state index in [9.17, 15) is 9.18 Å². The van der Waals surface area contributed by atoms with Crippen molar-refractivity contribution in [3.63, 3.8) is 0 Å². The third-order valence-corrected chi connectivity index (χ3v) is 3.18. The molecule has 5 heteroatoms. The molecule has 0 bridgehead atoms. The molecule has 0 radical (unpaired) electrons. The van der Waals surface area contributed by atoms with Crippen LogP contribution in [0.15, 0.2) is 54.6 Å². The van der Waals surface area contributed by atoms with E-state index in [4.69, 9.17) is 10.5 Å². The molecule has 0 aliphatic heterocycles. The molecule has 2 rings (SSSR count). The number of nitrogens with one attached hydrogen (secondary N) is 1. The predicted octanol–water partition coefficient (Wildman–Crippen LogP) is 3.74. The van der Waals surface area contributed by atoms with Crippen LogP contribution in [0.3, 0.4) is 0 Å². The second kappa shape index (κ2) is 8.58. The summed E-state index contributed by atoms with van der Waals surface area (Å²) in [6.45, 7) is 0.668. The first-order valence-electron chi connectivity index (χ1n) is 7.32. The lowest BCUT2D eigenvalue weighted by atomic mass is 10.1. The first-order chi connectivity index (χ1) is 11.2. The molecule has 3 N–H and O–H groups in total. The van der Waals surface area contributed by atoms with Crippen LogP contribution in [0.25, 0.3) is 6.08 Å². The van der Waals surface area contributed by atoms with Crippen molar-refractivity contribution in [1.29, 1.82) is 0 Å². The van der Waals surface area contributed by atoms with Gasteiger partial charge in [0.2, 0.25) is 0 Å². The highest BCUT2D eigenvalue weighted by Gasteiger charge is 2.02. The highest BCUT2D eigenvalue weighted by molar-refractivity contribution is 5.67. The Kier molecular flexibility index (Phi) is 6.17. The van der Waals surface area contributed by atoms with Crippen molar-refractivity contribution in [2.45, 2.75) is 13.0 Å². The number of halogens is 1. The van der Waals surface area contributed by atoms with Gasteiger partial charge in [-0.2, -0.15) is 0 Å². The number of nitrogen functional groups attached to an aromatic ring is 1. The van der Waals surface area contributed by atoms with Gasteiger partial charge < -0.3 is 15.8 Å². The van der Waals surface area contributed by atoms with Crippen molar-refractivity contribution in [2.24, 2.45) is 0 Å². The average Bonchev–Trinajstić information content (AvgIpc) is 2.57. The number of ether oxygens (including phenoxy) is 1. The van der Waals surface area contributed by atoms with E-state index in [2.05, 4.69) is 5.32 Å². The van der Waals surface area contributed by atoms with Crippen LogP contribution >= 0.6 is 0 Å². The van der Waals surface area contributed by atoms with Crippen LogP contribution < -0.4 is 11.1 Å². The number of carbonyl (C=O) groups excluding carboxylic acids is 1. The summed E-state index contributed by atoms with van der Waals surface area (Å²) in [7, 11) is 0. The molecule has 0 aliphatic rings. The Balaban J connectivity index is 1.67. The van der Waals surface area contributed by atoms with Crippen molar-refractivity contribution in [3.8, 4) is 0 Å². The number of rotatable bonds is 6. The first-order valence-corrected chi connectivity index (χ1v) is 7.32. The van der Waals surface area contributed by atoms with Crippen molar-refractivity contribution < 1.29 is 13.9 Å². The number of hydrogen-bond acceptors (Lipinski definition) is 3. The SMILES string of the molecule is Nc1c(F)cccc1C=CCCNC(=O)OCc1ccccc1. The number of hydrogen-bond donors (Lipinski definition) is 2. The molecule has 0 spiro atoms. The van der Waals surface area contributed by atoms with E-state index < -0.39 is 11.9 Å². The summed E-state index contributed by atoms with van der Waals surface area (Å²) in [5, 5.41) is 2.65. The molecule has 0 saturated carbocycles. The molecule has 2 aromatic carbocycles. The van der Waals surface area contributed by atoms with Crippen molar-refractivity contribution in [1.82, 2.24) is 5.32 Å². The van der Waals surface area contributed by atoms with Gasteiger partial charge in [0.05, 0.1) is 5.69 Å². The molecular weight excluding hydrogens is 295 g/mol. The average molecular weight is 314 g/mol. The van der Waals surface area contributed by atoms with E-state index in [1.165, 1.54) is 6.07 Å². The van der Waals surface area contributed by atoms with Gasteiger partial charge in [0, 0.05) is 12.1 Å². The van der Waals surface area contributed by atoms with Crippen LogP contribution in [0.2, 0.25) is 0 Å². The number of carbonyl (C=O) groups is 1. The van der Waals surface area contributed by atoms with Gasteiger partial charge in [-0.15, -0.1) is 0 Å². The van der Waals surface area contributed by atoms with Gasteiger partial charge in [0.25, 0.3) is 0 Å². The topological polar surface area (TPSA) is 64.3 Å². The quantitative estimate of drug-likeness (QED) is 0.630. The minimum absolute atomic E-state index is 0.124. The predicted molar refractivity (Wildman–Crippen MR) is 89.1 cm³/mol. The zero-order valence-electron chi connectivity index (χ0n) is 12.7. The van der Waals surface area contributed by atoms with Gasteiger partial charge in [-0.3, -0.25) is 0 Å². The first kappa shape index (κ1) is 16.5. The third kappa shape index (κ3) is 5.47. The molecule has 0 atom stereocenters. The number of anilines is 1. The molecule has 1 amide bonds. The Hall–Kier alpha value is -2.82. The highest BCUT2D eigenvalue weighted by atomic mass is 19.1. The molecule has 0 heterocycles. The van der Waals surface area contributed by atoms with Crippen LogP contribution in [-0.4, -0.2) is 12.6 Å². The summed E-state index contributed by atoms with van der Waals surface area (Å²) in [6.07, 6.45) is 3.68. The smallest absolute Gasteiger partial charge is 0.407 e. The highest BCUT2D eigenvalue weighted by Crippen LogP contribution is 2.17. The van der Waals surface area contributed by atoms with Gasteiger partial charge in [-0.05, 0) is 18.1 Å². The maximum absolute atomic E-state index is 13.3. The molecule has 0 saturated heterocycles. The maximum Gasteiger partial charge on any atom is 0.407 e. The normalized spacial score (nSPS) is 10.7. The standard InChI is InChI=1S/C18H19FN2O2/c19-16-11-6-10-15(17(16)20)9-4-5-12-21-18(22)23-13-14-7-2-1-3-8-14/h1-4,6-11H,5,12-13,20H2,(H,21,22). The molecule has 0 aromatic heterocycles. The second-order valence-electron chi connectivity index (χ2n) is 4.92. The van der Waals surface area contributed by atoms with E-state index in [1.54, 1.807) is 18.2 Å². The number of amides is 1. The Morgan fingerprint density at radius 3 is 2.74 bits per heavy atom. The largest absolute Gasteiger partial charge is 0.445 e.